The number of hydrogen-bond acceptors (Lipinski definition) is 5. The Bertz CT molecular complexity index is 1100. The van der Waals surface area contributed by atoms with E-state index in [1.165, 1.54) is 23.9 Å². The molecule has 0 radical (unpaired) electrons. The van der Waals surface area contributed by atoms with Gasteiger partial charge in [-0.15, -0.1) is 0 Å². The lowest BCUT2D eigenvalue weighted by molar-refractivity contribution is -0.120. The van der Waals surface area contributed by atoms with Gasteiger partial charge in [0.1, 0.15) is 17.7 Å². The fourth-order valence-corrected chi connectivity index (χ4v) is 4.01. The summed E-state index contributed by atoms with van der Waals surface area (Å²) in [5.41, 5.74) is 3.30. The standard InChI is InChI=1S/C22H19ClFN3O2S/c1-30-22-25-6-5-19(27-22)14-9-15-10-17(29-21(15)18(23)11-14)12-26-20(28)8-13-3-2-4-16(24)7-13/h2-7,9,11,17H,8,10,12H2,1H3,(H,26,28)/t17-/m0/s1. The first-order valence-corrected chi connectivity index (χ1v) is 11.0. The lowest BCUT2D eigenvalue weighted by Gasteiger charge is -2.12. The first-order chi connectivity index (χ1) is 14.5. The number of carbonyl (C=O) groups is 1. The Labute approximate surface area is 183 Å². The molecule has 0 unspecified atom stereocenters. The van der Waals surface area contributed by atoms with Gasteiger partial charge in [0.2, 0.25) is 5.91 Å². The van der Waals surface area contributed by atoms with E-state index in [9.17, 15) is 9.18 Å². The summed E-state index contributed by atoms with van der Waals surface area (Å²) in [6, 6.07) is 11.7. The molecule has 154 valence electrons. The molecule has 0 saturated heterocycles. The fraction of sp³-hybridized carbons (Fsp3) is 0.227. The van der Waals surface area contributed by atoms with Gasteiger partial charge in [0.25, 0.3) is 0 Å². The van der Waals surface area contributed by atoms with Crippen LogP contribution in [0.2, 0.25) is 5.02 Å². The van der Waals surface area contributed by atoms with Crippen molar-refractivity contribution in [3.63, 3.8) is 0 Å². The van der Waals surface area contributed by atoms with Crippen LogP contribution in [0, 0.1) is 5.82 Å². The maximum absolute atomic E-state index is 13.3. The normalized spacial score (nSPS) is 14.8. The summed E-state index contributed by atoms with van der Waals surface area (Å²) in [5, 5.41) is 4.06. The minimum Gasteiger partial charge on any atom is -0.486 e. The summed E-state index contributed by atoms with van der Waals surface area (Å²) < 4.78 is 19.2. The number of carbonyl (C=O) groups excluding carboxylic acids is 1. The molecule has 1 aliphatic rings. The second-order valence-corrected chi connectivity index (χ2v) is 8.11. The number of aromatic nitrogens is 2. The number of nitrogens with zero attached hydrogens (tertiary/aromatic N) is 2. The minimum absolute atomic E-state index is 0.119. The summed E-state index contributed by atoms with van der Waals surface area (Å²) in [7, 11) is 0. The molecule has 0 saturated carbocycles. The van der Waals surface area contributed by atoms with E-state index in [0.29, 0.717) is 34.5 Å². The summed E-state index contributed by atoms with van der Waals surface area (Å²) in [6.45, 7) is 0.346. The number of thioether (sulfide) groups is 1. The highest BCUT2D eigenvalue weighted by atomic mass is 35.5. The van der Waals surface area contributed by atoms with Crippen LogP contribution in [-0.4, -0.2) is 34.8 Å². The Morgan fingerprint density at radius 2 is 2.20 bits per heavy atom. The van der Waals surface area contributed by atoms with Crippen LogP contribution in [0.1, 0.15) is 11.1 Å². The van der Waals surface area contributed by atoms with Gasteiger partial charge in [-0.2, -0.15) is 0 Å². The maximum atomic E-state index is 13.3. The number of benzene rings is 2. The number of rotatable bonds is 6. The molecule has 0 spiro atoms. The average Bonchev–Trinajstić information content (AvgIpc) is 3.16. The SMILES string of the molecule is CSc1nccc(-c2cc(Cl)c3c(c2)C[C@@H](CNC(=O)Cc2cccc(F)c2)O3)n1. The first-order valence-electron chi connectivity index (χ1n) is 9.39. The van der Waals surface area contributed by atoms with Gasteiger partial charge >= 0.3 is 0 Å². The highest BCUT2D eigenvalue weighted by molar-refractivity contribution is 7.98. The van der Waals surface area contributed by atoms with E-state index in [-0.39, 0.29) is 24.2 Å². The molecule has 4 rings (SSSR count). The molecule has 1 N–H and O–H groups in total. The molecule has 0 fully saturated rings. The minimum atomic E-state index is -0.353. The van der Waals surface area contributed by atoms with E-state index in [4.69, 9.17) is 16.3 Å². The number of hydrogen-bond donors (Lipinski definition) is 1. The number of halogens is 2. The van der Waals surface area contributed by atoms with Crippen LogP contribution < -0.4 is 10.1 Å². The Hall–Kier alpha value is -2.64. The van der Waals surface area contributed by atoms with Crippen molar-refractivity contribution in [1.29, 1.82) is 0 Å². The van der Waals surface area contributed by atoms with Crippen molar-refractivity contribution in [2.75, 3.05) is 12.8 Å². The van der Waals surface area contributed by atoms with Crippen LogP contribution in [0.5, 0.6) is 5.75 Å². The summed E-state index contributed by atoms with van der Waals surface area (Å²) in [4.78, 5) is 20.9. The Balaban J connectivity index is 1.40. The second-order valence-electron chi connectivity index (χ2n) is 6.93. The molecule has 1 aliphatic heterocycles. The number of fused-ring (bicyclic) bond motifs is 1. The Kier molecular flexibility index (Phi) is 6.20. The van der Waals surface area contributed by atoms with E-state index < -0.39 is 0 Å². The summed E-state index contributed by atoms with van der Waals surface area (Å²) >= 11 is 7.93. The predicted octanol–water partition coefficient (Wildman–Crippen LogP) is 4.32. The van der Waals surface area contributed by atoms with Crippen molar-refractivity contribution in [3.05, 3.63) is 70.6 Å². The highest BCUT2D eigenvalue weighted by Gasteiger charge is 2.26. The van der Waals surface area contributed by atoms with Crippen molar-refractivity contribution in [2.24, 2.45) is 0 Å². The average molecular weight is 444 g/mol. The zero-order chi connectivity index (χ0) is 21.1. The van der Waals surface area contributed by atoms with Gasteiger partial charge in [-0.3, -0.25) is 4.79 Å². The van der Waals surface area contributed by atoms with Crippen LogP contribution in [0.25, 0.3) is 11.3 Å². The third-order valence-electron chi connectivity index (χ3n) is 4.75. The number of nitrogens with one attached hydrogen (secondary N) is 1. The lowest BCUT2D eigenvalue weighted by Crippen LogP contribution is -2.35. The molecule has 2 heterocycles. The number of amides is 1. The van der Waals surface area contributed by atoms with Gasteiger partial charge in [-0.25, -0.2) is 14.4 Å². The van der Waals surface area contributed by atoms with Crippen LogP contribution in [0.4, 0.5) is 4.39 Å². The van der Waals surface area contributed by atoms with Gasteiger partial charge in [-0.05, 0) is 42.2 Å². The molecule has 3 aromatic rings. The van der Waals surface area contributed by atoms with Crippen molar-refractivity contribution in [3.8, 4) is 17.0 Å². The topological polar surface area (TPSA) is 64.1 Å². The van der Waals surface area contributed by atoms with Crippen LogP contribution in [0.3, 0.4) is 0 Å². The zero-order valence-corrected chi connectivity index (χ0v) is 17.8. The van der Waals surface area contributed by atoms with Crippen molar-refractivity contribution < 1.29 is 13.9 Å². The Morgan fingerprint density at radius 3 is 3.00 bits per heavy atom. The Morgan fingerprint density at radius 1 is 1.33 bits per heavy atom. The van der Waals surface area contributed by atoms with Crippen LogP contribution >= 0.6 is 23.4 Å². The summed E-state index contributed by atoms with van der Waals surface area (Å²) in [6.07, 6.45) is 4.19. The molecular weight excluding hydrogens is 425 g/mol. The van der Waals surface area contributed by atoms with E-state index in [1.807, 2.05) is 24.5 Å². The number of ether oxygens (including phenoxy) is 1. The smallest absolute Gasteiger partial charge is 0.224 e. The van der Waals surface area contributed by atoms with Gasteiger partial charge in [-0.1, -0.05) is 35.5 Å². The monoisotopic (exact) mass is 443 g/mol. The van der Waals surface area contributed by atoms with E-state index in [2.05, 4.69) is 15.3 Å². The van der Waals surface area contributed by atoms with Crippen LogP contribution in [-0.2, 0) is 17.6 Å². The van der Waals surface area contributed by atoms with Gasteiger partial charge in [0.05, 0.1) is 23.7 Å². The van der Waals surface area contributed by atoms with Crippen molar-refractivity contribution in [2.45, 2.75) is 24.1 Å². The predicted molar refractivity (Wildman–Crippen MR) is 115 cm³/mol. The van der Waals surface area contributed by atoms with Gasteiger partial charge in [0, 0.05) is 23.7 Å². The highest BCUT2D eigenvalue weighted by Crippen LogP contribution is 2.39. The van der Waals surface area contributed by atoms with Crippen molar-refractivity contribution in [1.82, 2.24) is 15.3 Å². The van der Waals surface area contributed by atoms with Gasteiger partial charge in [0.15, 0.2) is 5.16 Å². The zero-order valence-electron chi connectivity index (χ0n) is 16.2. The van der Waals surface area contributed by atoms with E-state index >= 15 is 0 Å². The second kappa shape index (κ2) is 9.02. The molecule has 1 aromatic heterocycles. The summed E-state index contributed by atoms with van der Waals surface area (Å²) in [5.74, 6) is 0.107. The molecule has 8 heteroatoms. The molecule has 0 bridgehead atoms. The molecule has 1 amide bonds. The molecular formula is C22H19ClFN3O2S. The largest absolute Gasteiger partial charge is 0.486 e. The third kappa shape index (κ3) is 4.74. The van der Waals surface area contributed by atoms with Gasteiger partial charge < -0.3 is 10.1 Å². The quantitative estimate of drug-likeness (QED) is 0.454. The molecule has 1 atom stereocenters. The van der Waals surface area contributed by atoms with E-state index in [0.717, 1.165) is 16.8 Å². The van der Waals surface area contributed by atoms with E-state index in [1.54, 1.807) is 18.3 Å². The van der Waals surface area contributed by atoms with Crippen LogP contribution in [0.15, 0.2) is 53.8 Å². The fourth-order valence-electron chi connectivity index (χ4n) is 3.37. The lowest BCUT2D eigenvalue weighted by atomic mass is 10.0. The van der Waals surface area contributed by atoms with Crippen molar-refractivity contribution >= 4 is 29.3 Å². The molecule has 30 heavy (non-hydrogen) atoms. The molecule has 2 aromatic carbocycles. The molecule has 5 nitrogen and oxygen atoms in total. The maximum Gasteiger partial charge on any atom is 0.224 e. The third-order valence-corrected chi connectivity index (χ3v) is 5.59. The molecule has 0 aliphatic carbocycles. The first kappa shape index (κ1) is 20.6.